The van der Waals surface area contributed by atoms with E-state index in [-0.39, 0.29) is 29.4 Å². The number of halogens is 3. The van der Waals surface area contributed by atoms with Crippen LogP contribution in [0.25, 0.3) is 0 Å². The summed E-state index contributed by atoms with van der Waals surface area (Å²) in [6.07, 6.45) is -1.10. The SMILES string of the molecule is CC(N)C1CCCN(C(=O)c2cccnc2Nc2cccc(C(F)(F)F)c2)C1. The molecule has 3 rings (SSSR count). The van der Waals surface area contributed by atoms with E-state index in [1.165, 1.54) is 18.3 Å². The summed E-state index contributed by atoms with van der Waals surface area (Å²) in [6, 6.07) is 8.07. The Bertz CT molecular complexity index is 838. The fourth-order valence-corrected chi connectivity index (χ4v) is 3.38. The molecule has 1 aromatic heterocycles. The van der Waals surface area contributed by atoms with Crippen molar-refractivity contribution in [2.45, 2.75) is 32.0 Å². The highest BCUT2D eigenvalue weighted by atomic mass is 19.4. The molecule has 3 N–H and O–H groups in total. The minimum absolute atomic E-state index is 0.00722. The summed E-state index contributed by atoms with van der Waals surface area (Å²) in [4.78, 5) is 18.9. The van der Waals surface area contributed by atoms with Gasteiger partial charge in [-0.25, -0.2) is 4.98 Å². The zero-order chi connectivity index (χ0) is 20.3. The second kappa shape index (κ2) is 8.18. The number of likely N-dealkylation sites (tertiary alicyclic amines) is 1. The van der Waals surface area contributed by atoms with Gasteiger partial charge in [-0.3, -0.25) is 4.79 Å². The number of hydrogen-bond donors (Lipinski definition) is 2. The Hall–Kier alpha value is -2.61. The van der Waals surface area contributed by atoms with E-state index in [1.54, 1.807) is 17.0 Å². The predicted octanol–water partition coefficient (Wildman–Crippen LogP) is 4.04. The molecule has 0 saturated carbocycles. The summed E-state index contributed by atoms with van der Waals surface area (Å²) < 4.78 is 38.8. The molecule has 0 aliphatic carbocycles. The first-order chi connectivity index (χ1) is 13.3. The number of nitrogens with zero attached hydrogens (tertiary/aromatic N) is 2. The Labute approximate surface area is 161 Å². The summed E-state index contributed by atoms with van der Waals surface area (Å²) in [6.45, 7) is 3.12. The number of pyridine rings is 1. The molecule has 150 valence electrons. The van der Waals surface area contributed by atoms with Crippen molar-refractivity contribution in [3.05, 3.63) is 53.7 Å². The van der Waals surface area contributed by atoms with E-state index >= 15 is 0 Å². The Morgan fingerprint density at radius 2 is 2.11 bits per heavy atom. The van der Waals surface area contributed by atoms with Gasteiger partial charge in [-0.15, -0.1) is 0 Å². The second-order valence-corrected chi connectivity index (χ2v) is 7.12. The van der Waals surface area contributed by atoms with E-state index < -0.39 is 11.7 Å². The Kier molecular flexibility index (Phi) is 5.88. The summed E-state index contributed by atoms with van der Waals surface area (Å²) in [5, 5.41) is 2.86. The van der Waals surface area contributed by atoms with Gasteiger partial charge in [0.2, 0.25) is 0 Å². The molecule has 1 aliphatic rings. The molecule has 5 nitrogen and oxygen atoms in total. The van der Waals surface area contributed by atoms with Crippen LogP contribution in [0.15, 0.2) is 42.6 Å². The molecule has 1 saturated heterocycles. The standard InChI is InChI=1S/C20H23F3N4O/c1-13(24)14-5-4-10-27(12-14)19(28)17-8-3-9-25-18(17)26-16-7-2-6-15(11-16)20(21,22)23/h2-3,6-9,11,13-14H,4-5,10,12,24H2,1H3,(H,25,26). The van der Waals surface area contributed by atoms with Crippen LogP contribution in [-0.4, -0.2) is 34.9 Å². The molecule has 0 spiro atoms. The summed E-state index contributed by atoms with van der Waals surface area (Å²) in [7, 11) is 0. The number of anilines is 2. The third-order valence-electron chi connectivity index (χ3n) is 4.98. The third kappa shape index (κ3) is 4.62. The van der Waals surface area contributed by atoms with Crippen LogP contribution in [0.2, 0.25) is 0 Å². The molecule has 1 aliphatic heterocycles. The molecule has 2 heterocycles. The van der Waals surface area contributed by atoms with E-state index in [0.717, 1.165) is 25.0 Å². The quantitative estimate of drug-likeness (QED) is 0.824. The van der Waals surface area contributed by atoms with E-state index in [9.17, 15) is 18.0 Å². The van der Waals surface area contributed by atoms with Gasteiger partial charge >= 0.3 is 6.18 Å². The summed E-state index contributed by atoms with van der Waals surface area (Å²) >= 11 is 0. The number of benzene rings is 1. The fraction of sp³-hybridized carbons (Fsp3) is 0.400. The molecule has 1 fully saturated rings. The minimum Gasteiger partial charge on any atom is -0.340 e. The first-order valence-electron chi connectivity index (χ1n) is 9.20. The van der Waals surface area contributed by atoms with Gasteiger partial charge in [-0.05, 0) is 56.0 Å². The number of rotatable bonds is 4. The zero-order valence-electron chi connectivity index (χ0n) is 15.5. The number of alkyl halides is 3. The number of carbonyl (C=O) groups is 1. The van der Waals surface area contributed by atoms with Gasteiger partial charge in [0.05, 0.1) is 11.1 Å². The van der Waals surface area contributed by atoms with Crippen molar-refractivity contribution >= 4 is 17.4 Å². The van der Waals surface area contributed by atoms with E-state index in [1.807, 2.05) is 6.92 Å². The van der Waals surface area contributed by atoms with Crippen molar-refractivity contribution in [2.75, 3.05) is 18.4 Å². The lowest BCUT2D eigenvalue weighted by Gasteiger charge is -2.34. The first kappa shape index (κ1) is 20.1. The van der Waals surface area contributed by atoms with Crippen LogP contribution < -0.4 is 11.1 Å². The van der Waals surface area contributed by atoms with Gasteiger partial charge in [0.15, 0.2) is 0 Å². The molecule has 28 heavy (non-hydrogen) atoms. The van der Waals surface area contributed by atoms with Crippen molar-refractivity contribution in [3.8, 4) is 0 Å². The van der Waals surface area contributed by atoms with Crippen LogP contribution in [0.4, 0.5) is 24.7 Å². The van der Waals surface area contributed by atoms with Gasteiger partial charge in [-0.1, -0.05) is 6.07 Å². The number of hydrogen-bond acceptors (Lipinski definition) is 4. The van der Waals surface area contributed by atoms with Gasteiger partial charge < -0.3 is 16.0 Å². The molecule has 2 unspecified atom stereocenters. The lowest BCUT2D eigenvalue weighted by Crippen LogP contribution is -2.45. The second-order valence-electron chi connectivity index (χ2n) is 7.12. The highest BCUT2D eigenvalue weighted by Crippen LogP contribution is 2.32. The van der Waals surface area contributed by atoms with Crippen molar-refractivity contribution in [1.82, 2.24) is 9.88 Å². The molecule has 0 radical (unpaired) electrons. The molecule has 8 heteroatoms. The van der Waals surface area contributed by atoms with Crippen molar-refractivity contribution in [2.24, 2.45) is 11.7 Å². The predicted molar refractivity (Wildman–Crippen MR) is 101 cm³/mol. The zero-order valence-corrected chi connectivity index (χ0v) is 15.5. The topological polar surface area (TPSA) is 71.2 Å². The van der Waals surface area contributed by atoms with Crippen LogP contribution in [0.1, 0.15) is 35.7 Å². The van der Waals surface area contributed by atoms with E-state index in [2.05, 4.69) is 10.3 Å². The average Bonchev–Trinajstić information content (AvgIpc) is 2.67. The number of nitrogens with two attached hydrogens (primary N) is 1. The van der Waals surface area contributed by atoms with Crippen LogP contribution in [0.3, 0.4) is 0 Å². The highest BCUT2D eigenvalue weighted by Gasteiger charge is 2.31. The van der Waals surface area contributed by atoms with Crippen LogP contribution in [-0.2, 0) is 6.18 Å². The lowest BCUT2D eigenvalue weighted by molar-refractivity contribution is -0.137. The third-order valence-corrected chi connectivity index (χ3v) is 4.98. The molecule has 1 amide bonds. The number of aromatic nitrogens is 1. The maximum absolute atomic E-state index is 13.0. The van der Waals surface area contributed by atoms with E-state index in [0.29, 0.717) is 18.7 Å². The fourth-order valence-electron chi connectivity index (χ4n) is 3.38. The molecular weight excluding hydrogens is 369 g/mol. The first-order valence-corrected chi connectivity index (χ1v) is 9.20. The van der Waals surface area contributed by atoms with Crippen LogP contribution in [0, 0.1) is 5.92 Å². The number of piperidine rings is 1. The van der Waals surface area contributed by atoms with Crippen LogP contribution >= 0.6 is 0 Å². The van der Waals surface area contributed by atoms with Crippen LogP contribution in [0.5, 0.6) is 0 Å². The smallest absolute Gasteiger partial charge is 0.340 e. The monoisotopic (exact) mass is 392 g/mol. The number of carbonyl (C=O) groups excluding carboxylic acids is 1. The van der Waals surface area contributed by atoms with Gasteiger partial charge in [-0.2, -0.15) is 13.2 Å². The normalized spacial score (nSPS) is 18.6. The molecule has 0 bridgehead atoms. The molecule has 2 atom stereocenters. The van der Waals surface area contributed by atoms with Gasteiger partial charge in [0, 0.05) is 31.0 Å². The number of nitrogens with one attached hydrogen (secondary N) is 1. The maximum Gasteiger partial charge on any atom is 0.416 e. The molecule has 2 aromatic rings. The Balaban J connectivity index is 1.83. The Morgan fingerprint density at radius 3 is 2.82 bits per heavy atom. The minimum atomic E-state index is -4.44. The summed E-state index contributed by atoms with van der Waals surface area (Å²) in [5.41, 5.74) is 5.77. The number of amides is 1. The highest BCUT2D eigenvalue weighted by molar-refractivity contribution is 5.99. The average molecular weight is 392 g/mol. The Morgan fingerprint density at radius 1 is 1.32 bits per heavy atom. The molecular formula is C20H23F3N4O. The van der Waals surface area contributed by atoms with E-state index in [4.69, 9.17) is 5.73 Å². The molecule has 1 aromatic carbocycles. The van der Waals surface area contributed by atoms with Crippen molar-refractivity contribution in [3.63, 3.8) is 0 Å². The van der Waals surface area contributed by atoms with Gasteiger partial charge in [0.1, 0.15) is 5.82 Å². The van der Waals surface area contributed by atoms with Crippen molar-refractivity contribution < 1.29 is 18.0 Å². The summed E-state index contributed by atoms with van der Waals surface area (Å²) in [5.74, 6) is 0.261. The lowest BCUT2D eigenvalue weighted by atomic mass is 9.92. The maximum atomic E-state index is 13.0. The largest absolute Gasteiger partial charge is 0.416 e. The van der Waals surface area contributed by atoms with Gasteiger partial charge in [0.25, 0.3) is 5.91 Å². The van der Waals surface area contributed by atoms with Crippen molar-refractivity contribution in [1.29, 1.82) is 0 Å².